The second-order valence-electron chi connectivity index (χ2n) is 8.80. The number of unbranched alkanes of at least 4 members (excludes halogenated alkanes) is 2. The van der Waals surface area contributed by atoms with Crippen LogP contribution in [0.15, 0.2) is 30.5 Å². The van der Waals surface area contributed by atoms with E-state index in [1.807, 2.05) is 12.3 Å². The van der Waals surface area contributed by atoms with Gasteiger partial charge in [0.2, 0.25) is 0 Å². The van der Waals surface area contributed by atoms with Crippen LogP contribution in [0.25, 0.3) is 10.9 Å². The zero-order valence-corrected chi connectivity index (χ0v) is 18.3. The Morgan fingerprint density at radius 1 is 1.21 bits per heavy atom. The molecule has 3 saturated heterocycles. The third kappa shape index (κ3) is 4.29. The lowest BCUT2D eigenvalue weighted by Crippen LogP contribution is -2.55. The van der Waals surface area contributed by atoms with Gasteiger partial charge in [-0.1, -0.05) is 33.1 Å². The molecule has 3 aliphatic rings. The lowest BCUT2D eigenvalue weighted by atomic mass is 9.72. The van der Waals surface area contributed by atoms with E-state index in [2.05, 4.69) is 41.9 Å². The van der Waals surface area contributed by atoms with Gasteiger partial charge in [-0.05, 0) is 67.5 Å². The monoisotopic (exact) mass is 396 g/mol. The summed E-state index contributed by atoms with van der Waals surface area (Å²) in [6.45, 7) is 7.87. The maximum absolute atomic E-state index is 6.66. The van der Waals surface area contributed by atoms with Crippen LogP contribution in [0.2, 0.25) is 0 Å². The summed E-state index contributed by atoms with van der Waals surface area (Å²) < 4.78 is 12.2. The van der Waals surface area contributed by atoms with E-state index in [0.717, 1.165) is 36.1 Å². The number of ether oxygens (including phenoxy) is 2. The normalized spacial score (nSPS) is 27.3. The minimum absolute atomic E-state index is 0.102. The highest BCUT2D eigenvalue weighted by Gasteiger charge is 2.43. The number of benzene rings is 1. The van der Waals surface area contributed by atoms with Crippen molar-refractivity contribution < 1.29 is 9.47 Å². The number of nitrogens with zero attached hydrogens (tertiary/aromatic N) is 2. The second kappa shape index (κ2) is 9.44. The first-order valence-electron chi connectivity index (χ1n) is 11.5. The third-order valence-electron chi connectivity index (χ3n) is 7.14. The summed E-state index contributed by atoms with van der Waals surface area (Å²) in [6, 6.07) is 8.83. The first-order valence-corrected chi connectivity index (χ1v) is 11.5. The van der Waals surface area contributed by atoms with Crippen LogP contribution in [0.5, 0.6) is 5.75 Å². The maximum atomic E-state index is 6.66. The molecule has 1 aromatic heterocycles. The quantitative estimate of drug-likeness (QED) is 0.516. The lowest BCUT2D eigenvalue weighted by Gasteiger charge is -2.52. The third-order valence-corrected chi connectivity index (χ3v) is 7.14. The first kappa shape index (κ1) is 20.6. The Hall–Kier alpha value is -1.65. The fraction of sp³-hybridized carbons (Fsp3) is 0.640. The van der Waals surface area contributed by atoms with Crippen LogP contribution in [0.1, 0.15) is 64.0 Å². The molecule has 1 aromatic carbocycles. The van der Waals surface area contributed by atoms with Gasteiger partial charge in [0, 0.05) is 30.8 Å². The molecule has 5 rings (SSSR count). The Bertz CT molecular complexity index is 809. The Labute approximate surface area is 175 Å². The number of aromatic nitrogens is 1. The van der Waals surface area contributed by atoms with Gasteiger partial charge in [0.1, 0.15) is 5.75 Å². The number of hydrogen-bond acceptors (Lipinski definition) is 4. The van der Waals surface area contributed by atoms with Crippen molar-refractivity contribution in [2.45, 2.75) is 64.5 Å². The highest BCUT2D eigenvalue weighted by atomic mass is 16.5. The summed E-state index contributed by atoms with van der Waals surface area (Å²) in [7, 11) is 1.73. The van der Waals surface area contributed by atoms with Crippen molar-refractivity contribution >= 4 is 10.9 Å². The number of rotatable bonds is 9. The molecule has 1 unspecified atom stereocenters. The molecule has 0 N–H and O–H groups in total. The highest BCUT2D eigenvalue weighted by molar-refractivity contribution is 5.84. The molecule has 4 heteroatoms. The van der Waals surface area contributed by atoms with Crippen molar-refractivity contribution in [3.05, 3.63) is 36.0 Å². The van der Waals surface area contributed by atoms with Crippen molar-refractivity contribution in [2.75, 3.05) is 26.8 Å². The molecular weight excluding hydrogens is 360 g/mol. The van der Waals surface area contributed by atoms with Gasteiger partial charge in [-0.25, -0.2) is 0 Å². The Morgan fingerprint density at radius 2 is 2.10 bits per heavy atom. The van der Waals surface area contributed by atoms with Crippen LogP contribution >= 0.6 is 0 Å². The smallest absolute Gasteiger partial charge is 0.119 e. The Morgan fingerprint density at radius 3 is 2.83 bits per heavy atom. The van der Waals surface area contributed by atoms with E-state index in [4.69, 9.17) is 9.47 Å². The van der Waals surface area contributed by atoms with Gasteiger partial charge in [0.05, 0.1) is 18.7 Å². The summed E-state index contributed by atoms with van der Waals surface area (Å²) >= 11 is 0. The van der Waals surface area contributed by atoms with Gasteiger partial charge >= 0.3 is 0 Å². The average Bonchev–Trinajstić information content (AvgIpc) is 2.78. The van der Waals surface area contributed by atoms with E-state index in [0.29, 0.717) is 6.04 Å². The molecule has 2 bridgehead atoms. The zero-order valence-electron chi connectivity index (χ0n) is 18.3. The van der Waals surface area contributed by atoms with Crippen molar-refractivity contribution in [3.8, 4) is 5.75 Å². The fourth-order valence-electron chi connectivity index (χ4n) is 5.45. The van der Waals surface area contributed by atoms with Crippen molar-refractivity contribution in [1.82, 2.24) is 9.88 Å². The van der Waals surface area contributed by atoms with Crippen molar-refractivity contribution in [3.63, 3.8) is 0 Å². The maximum Gasteiger partial charge on any atom is 0.119 e. The van der Waals surface area contributed by atoms with Gasteiger partial charge in [-0.2, -0.15) is 0 Å². The predicted molar refractivity (Wildman–Crippen MR) is 118 cm³/mol. The molecule has 0 radical (unpaired) electrons. The van der Waals surface area contributed by atoms with E-state index in [1.54, 1.807) is 7.11 Å². The van der Waals surface area contributed by atoms with E-state index in [1.165, 1.54) is 56.1 Å². The molecule has 3 fully saturated rings. The average molecular weight is 397 g/mol. The number of hydrogen-bond donors (Lipinski definition) is 0. The van der Waals surface area contributed by atoms with E-state index in [9.17, 15) is 0 Å². The van der Waals surface area contributed by atoms with Crippen LogP contribution in [0, 0.1) is 11.8 Å². The number of methoxy groups -OCH3 is 1. The standard InChI is InChI=1S/C25H36N2O2/c1-4-6-7-14-29-25(24-15-19-11-13-27(24)17-18(19)5-2)21-10-12-26-23-9-8-20(28-3)16-22(21)23/h8-10,12,16,18-19,24-25H,4-7,11,13-15,17H2,1-3H3/t18-,19-,24-,25+/m0/s1. The molecule has 0 aliphatic carbocycles. The molecule has 0 amide bonds. The van der Waals surface area contributed by atoms with E-state index < -0.39 is 0 Å². The second-order valence-corrected chi connectivity index (χ2v) is 8.80. The molecule has 0 spiro atoms. The number of pyridine rings is 1. The number of piperidine rings is 3. The van der Waals surface area contributed by atoms with Gasteiger partial charge in [-0.15, -0.1) is 0 Å². The Kier molecular flexibility index (Phi) is 6.71. The van der Waals surface area contributed by atoms with Crippen LogP contribution in [0.4, 0.5) is 0 Å². The van der Waals surface area contributed by atoms with Crippen LogP contribution in [-0.4, -0.2) is 42.7 Å². The molecule has 0 saturated carbocycles. The van der Waals surface area contributed by atoms with Crippen molar-refractivity contribution in [2.24, 2.45) is 11.8 Å². The Balaban J connectivity index is 1.67. The molecule has 3 aliphatic heterocycles. The molecular formula is C25H36N2O2. The lowest BCUT2D eigenvalue weighted by molar-refractivity contribution is -0.0834. The zero-order chi connectivity index (χ0) is 20.2. The SMILES string of the molecule is CCCCCO[C@H](c1ccnc2ccc(OC)cc12)[C@@H]1C[C@@H]2CCN1C[C@@H]2CC. The fourth-order valence-corrected chi connectivity index (χ4v) is 5.45. The van der Waals surface area contributed by atoms with Crippen LogP contribution in [0.3, 0.4) is 0 Å². The minimum atomic E-state index is 0.102. The molecule has 4 nitrogen and oxygen atoms in total. The summed E-state index contributed by atoms with van der Waals surface area (Å²) in [6.07, 6.45) is 9.53. The first-order chi connectivity index (χ1) is 14.2. The van der Waals surface area contributed by atoms with Crippen LogP contribution < -0.4 is 4.74 Å². The molecule has 5 atom stereocenters. The van der Waals surface area contributed by atoms with E-state index >= 15 is 0 Å². The highest BCUT2D eigenvalue weighted by Crippen LogP contribution is 2.44. The van der Waals surface area contributed by atoms with Gasteiger partial charge in [0.25, 0.3) is 0 Å². The van der Waals surface area contributed by atoms with E-state index in [-0.39, 0.29) is 6.10 Å². The molecule has 29 heavy (non-hydrogen) atoms. The van der Waals surface area contributed by atoms with Gasteiger partial charge < -0.3 is 9.47 Å². The summed E-state index contributed by atoms with van der Waals surface area (Å²) in [5, 5.41) is 1.17. The summed E-state index contributed by atoms with van der Waals surface area (Å²) in [4.78, 5) is 7.32. The van der Waals surface area contributed by atoms with Gasteiger partial charge in [0.15, 0.2) is 0 Å². The topological polar surface area (TPSA) is 34.6 Å². The summed E-state index contributed by atoms with van der Waals surface area (Å²) in [5.41, 5.74) is 2.30. The molecule has 158 valence electrons. The molecule has 2 aromatic rings. The summed E-state index contributed by atoms with van der Waals surface area (Å²) in [5.74, 6) is 2.59. The number of fused-ring (bicyclic) bond motifs is 4. The van der Waals surface area contributed by atoms with Crippen molar-refractivity contribution in [1.29, 1.82) is 0 Å². The minimum Gasteiger partial charge on any atom is -0.497 e. The molecule has 4 heterocycles. The van der Waals surface area contributed by atoms with Gasteiger partial charge in [-0.3, -0.25) is 9.88 Å². The largest absolute Gasteiger partial charge is 0.497 e. The predicted octanol–water partition coefficient (Wildman–Crippen LogP) is 5.61. The van der Waals surface area contributed by atoms with Crippen LogP contribution in [-0.2, 0) is 4.74 Å².